The Bertz CT molecular complexity index is 824. The van der Waals surface area contributed by atoms with E-state index in [0.717, 1.165) is 36.4 Å². The summed E-state index contributed by atoms with van der Waals surface area (Å²) in [6.07, 6.45) is 0. The van der Waals surface area contributed by atoms with E-state index in [4.69, 9.17) is 11.5 Å². The van der Waals surface area contributed by atoms with Gasteiger partial charge in [-0.15, -0.1) is 0 Å². The minimum absolute atomic E-state index is 0. The molecule has 2 aromatic carbocycles. The van der Waals surface area contributed by atoms with Crippen LogP contribution in [0.3, 0.4) is 0 Å². The van der Waals surface area contributed by atoms with E-state index >= 15 is 0 Å². The zero-order valence-corrected chi connectivity index (χ0v) is 14.9. The number of carbonyl (C=O) groups excluding carboxylic acids is 4. The maximum Gasteiger partial charge on any atom is 4.00 e. The maximum absolute atomic E-state index is 10.3. The van der Waals surface area contributed by atoms with Crippen molar-refractivity contribution in [3.8, 4) is 0 Å². The average Bonchev–Trinajstić information content (AvgIpc) is 2.54. The van der Waals surface area contributed by atoms with E-state index in [1.165, 1.54) is 0 Å². The van der Waals surface area contributed by atoms with Crippen LogP contribution in [0.2, 0.25) is 0 Å². The van der Waals surface area contributed by atoms with Gasteiger partial charge in [0.25, 0.3) is 0 Å². The number of carbonyl (C=O) groups is 4. The van der Waals surface area contributed by atoms with E-state index in [2.05, 4.69) is 0 Å². The summed E-state index contributed by atoms with van der Waals surface area (Å²) in [6.45, 7) is 0. The van der Waals surface area contributed by atoms with Gasteiger partial charge in [-0.05, 0) is 23.3 Å². The smallest absolute Gasteiger partial charge is 0.545 e. The number of rotatable bonds is 4. The van der Waals surface area contributed by atoms with Crippen molar-refractivity contribution in [1.82, 2.24) is 0 Å². The molecule has 10 nitrogen and oxygen atoms in total. The van der Waals surface area contributed by atoms with E-state index in [-0.39, 0.29) is 55.3 Å². The van der Waals surface area contributed by atoms with Crippen LogP contribution in [0.5, 0.6) is 0 Å². The van der Waals surface area contributed by atoms with Gasteiger partial charge in [0.1, 0.15) is 0 Å². The van der Waals surface area contributed by atoms with Crippen molar-refractivity contribution in [3.63, 3.8) is 0 Å². The van der Waals surface area contributed by atoms with Crippen LogP contribution < -0.4 is 31.9 Å². The summed E-state index contributed by atoms with van der Waals surface area (Å²) in [6, 6.07) is 6.35. The third-order valence-electron chi connectivity index (χ3n) is 3.01. The predicted octanol–water partition coefficient (Wildman–Crippen LogP) is -4.01. The molecular weight excluding hydrogens is 396 g/mol. The molecule has 136 valence electrons. The first-order valence-corrected chi connectivity index (χ1v) is 6.69. The molecule has 0 unspecified atom stereocenters. The van der Waals surface area contributed by atoms with Crippen molar-refractivity contribution in [2.24, 2.45) is 0 Å². The molecule has 0 aliphatic heterocycles. The monoisotopic (exact) mass is 406 g/mol. The quantitative estimate of drug-likeness (QED) is 0.371. The number of carboxylic acid groups (broad SMARTS) is 4. The van der Waals surface area contributed by atoms with Gasteiger partial charge in [-0.1, -0.05) is 24.3 Å². The standard InChI is InChI=1S/2C8H7NO4.Ti/c2*9-6-3-4(7(10)11)1-2-5(6)8(12)13;/h2*1-3H,9H2,(H,10,11)(H,12,13);/q;;+4/p-4. The van der Waals surface area contributed by atoms with Crippen LogP contribution in [0.1, 0.15) is 41.4 Å². The summed E-state index contributed by atoms with van der Waals surface area (Å²) < 4.78 is 0. The zero-order valence-electron chi connectivity index (χ0n) is 13.4. The number of benzene rings is 2. The fourth-order valence-corrected chi connectivity index (χ4v) is 1.75. The summed E-state index contributed by atoms with van der Waals surface area (Å²) in [5, 5.41) is 41.3. The van der Waals surface area contributed by atoms with Gasteiger partial charge >= 0.3 is 21.7 Å². The minimum Gasteiger partial charge on any atom is -0.545 e. The molecule has 0 saturated carbocycles. The zero-order chi connectivity index (χ0) is 20.0. The Kier molecular flexibility index (Phi) is 8.71. The van der Waals surface area contributed by atoms with Crippen LogP contribution in [-0.4, -0.2) is 23.9 Å². The van der Waals surface area contributed by atoms with Gasteiger partial charge in [0.2, 0.25) is 0 Å². The molecule has 2 rings (SSSR count). The molecule has 11 heteroatoms. The molecule has 0 bridgehead atoms. The average molecular weight is 406 g/mol. The van der Waals surface area contributed by atoms with Crippen LogP contribution >= 0.6 is 0 Å². The fourth-order valence-electron chi connectivity index (χ4n) is 1.75. The van der Waals surface area contributed by atoms with Crippen LogP contribution in [0.4, 0.5) is 11.4 Å². The van der Waals surface area contributed by atoms with Gasteiger partial charge in [-0.3, -0.25) is 0 Å². The van der Waals surface area contributed by atoms with E-state index in [1.807, 2.05) is 0 Å². The summed E-state index contributed by atoms with van der Waals surface area (Å²) in [5.74, 6) is -5.70. The Hall–Kier alpha value is -3.37. The SMILES string of the molecule is Nc1cc(C(=O)[O-])ccc1C(=O)[O-].Nc1cc(C(=O)[O-])ccc1C(=O)[O-].[Ti+4]. The molecule has 0 aliphatic carbocycles. The number of aromatic carboxylic acids is 4. The van der Waals surface area contributed by atoms with Gasteiger partial charge in [0.15, 0.2) is 0 Å². The first-order valence-electron chi connectivity index (χ1n) is 6.69. The molecule has 0 aliphatic rings. The van der Waals surface area contributed by atoms with Gasteiger partial charge < -0.3 is 51.1 Å². The number of anilines is 2. The normalized spacial score (nSPS) is 9.19. The van der Waals surface area contributed by atoms with Gasteiger partial charge in [0.05, 0.1) is 23.9 Å². The molecule has 4 N–H and O–H groups in total. The number of hydrogen-bond donors (Lipinski definition) is 2. The van der Waals surface area contributed by atoms with Crippen LogP contribution in [0, 0.1) is 0 Å². The van der Waals surface area contributed by atoms with E-state index in [0.29, 0.717) is 0 Å². The first kappa shape index (κ1) is 23.6. The molecule has 0 atom stereocenters. The minimum atomic E-state index is -1.44. The van der Waals surface area contributed by atoms with Gasteiger partial charge in [-0.25, -0.2) is 0 Å². The van der Waals surface area contributed by atoms with Crippen LogP contribution in [0.25, 0.3) is 0 Å². The van der Waals surface area contributed by atoms with Crippen molar-refractivity contribution in [2.75, 3.05) is 11.5 Å². The molecule has 0 heterocycles. The second-order valence-electron chi connectivity index (χ2n) is 4.75. The number of nitrogen functional groups attached to an aromatic ring is 2. The molecule has 27 heavy (non-hydrogen) atoms. The molecule has 0 radical (unpaired) electrons. The summed E-state index contributed by atoms with van der Waals surface area (Å²) >= 11 is 0. The number of hydrogen-bond acceptors (Lipinski definition) is 10. The number of nitrogens with two attached hydrogens (primary N) is 2. The molecule has 0 spiro atoms. The van der Waals surface area contributed by atoms with Crippen LogP contribution in [-0.2, 0) is 21.7 Å². The fraction of sp³-hybridized carbons (Fsp3) is 0. The van der Waals surface area contributed by atoms with E-state index in [9.17, 15) is 39.6 Å². The van der Waals surface area contributed by atoms with Gasteiger partial charge in [0, 0.05) is 22.5 Å². The van der Waals surface area contributed by atoms with Gasteiger partial charge in [-0.2, -0.15) is 0 Å². The Morgan fingerprint density at radius 3 is 1.07 bits per heavy atom. The topological polar surface area (TPSA) is 213 Å². The molecule has 0 fully saturated rings. The van der Waals surface area contributed by atoms with Crippen LogP contribution in [0.15, 0.2) is 36.4 Å². The maximum atomic E-state index is 10.3. The van der Waals surface area contributed by atoms with Crippen molar-refractivity contribution in [2.45, 2.75) is 0 Å². The van der Waals surface area contributed by atoms with E-state index < -0.39 is 23.9 Å². The Labute approximate surface area is 166 Å². The second kappa shape index (κ2) is 9.95. The Morgan fingerprint density at radius 1 is 0.593 bits per heavy atom. The third-order valence-corrected chi connectivity index (χ3v) is 3.01. The summed E-state index contributed by atoms with van der Waals surface area (Å²) in [7, 11) is 0. The molecule has 2 aromatic rings. The molecule has 0 amide bonds. The Balaban J connectivity index is 0.000000483. The van der Waals surface area contributed by atoms with Crippen molar-refractivity contribution in [3.05, 3.63) is 58.7 Å². The summed E-state index contributed by atoms with van der Waals surface area (Å²) in [5.41, 5.74) is 9.40. The predicted molar refractivity (Wildman–Crippen MR) is 79.0 cm³/mol. The number of carboxylic acids is 4. The molecule has 0 aromatic heterocycles. The third kappa shape index (κ3) is 6.46. The second-order valence-corrected chi connectivity index (χ2v) is 4.75. The van der Waals surface area contributed by atoms with Crippen molar-refractivity contribution >= 4 is 35.3 Å². The largest absolute Gasteiger partial charge is 4.00 e. The first-order chi connectivity index (χ1) is 12.0. The Morgan fingerprint density at radius 2 is 0.889 bits per heavy atom. The van der Waals surface area contributed by atoms with Crippen molar-refractivity contribution < 1.29 is 61.3 Å². The molecular formula is C16H10N2O8Ti. The van der Waals surface area contributed by atoms with E-state index in [1.54, 1.807) is 0 Å². The summed E-state index contributed by atoms with van der Waals surface area (Å²) in [4.78, 5) is 41.3. The molecule has 0 saturated heterocycles. The van der Waals surface area contributed by atoms with Crippen molar-refractivity contribution in [1.29, 1.82) is 0 Å².